The van der Waals surface area contributed by atoms with Crippen LogP contribution in [-0.2, 0) is 0 Å². The molecule has 25 heavy (non-hydrogen) atoms. The number of benzene rings is 2. The molecule has 1 fully saturated rings. The van der Waals surface area contributed by atoms with Crippen LogP contribution < -0.4 is 10.2 Å². The van der Waals surface area contributed by atoms with Gasteiger partial charge in [0.1, 0.15) is 5.69 Å². The number of amides is 1. The second-order valence-corrected chi connectivity index (χ2v) is 6.80. The first kappa shape index (κ1) is 17.4. The maximum absolute atomic E-state index is 12.5. The van der Waals surface area contributed by atoms with E-state index < -0.39 is 4.92 Å². The van der Waals surface area contributed by atoms with Gasteiger partial charge in [-0.05, 0) is 59.5 Å². The van der Waals surface area contributed by atoms with Crippen molar-refractivity contribution in [1.82, 2.24) is 0 Å². The van der Waals surface area contributed by atoms with E-state index >= 15 is 0 Å². The summed E-state index contributed by atoms with van der Waals surface area (Å²) in [6, 6.07) is 11.9. The number of nitro benzene ring substituents is 1. The molecule has 1 aliphatic heterocycles. The molecule has 2 aromatic carbocycles. The molecule has 0 atom stereocenters. The number of para-hydroxylation sites is 1. The molecular formula is C18H18BrN3O3. The number of carbonyl (C=O) groups is 1. The maximum Gasteiger partial charge on any atom is 0.293 e. The minimum atomic E-state index is -0.418. The monoisotopic (exact) mass is 403 g/mol. The van der Waals surface area contributed by atoms with Gasteiger partial charge in [-0.2, -0.15) is 0 Å². The highest BCUT2D eigenvalue weighted by Crippen LogP contribution is 2.32. The maximum atomic E-state index is 12.5. The van der Waals surface area contributed by atoms with Gasteiger partial charge in [-0.15, -0.1) is 0 Å². The van der Waals surface area contributed by atoms with Crippen LogP contribution in [0, 0.1) is 10.1 Å². The van der Waals surface area contributed by atoms with Gasteiger partial charge in [0, 0.05) is 29.2 Å². The van der Waals surface area contributed by atoms with E-state index in [-0.39, 0.29) is 17.2 Å². The van der Waals surface area contributed by atoms with Gasteiger partial charge in [0.05, 0.1) is 10.6 Å². The van der Waals surface area contributed by atoms with Gasteiger partial charge in [-0.3, -0.25) is 14.9 Å². The molecule has 0 unspecified atom stereocenters. The van der Waals surface area contributed by atoms with Gasteiger partial charge in [0.15, 0.2) is 0 Å². The van der Waals surface area contributed by atoms with E-state index in [1.807, 2.05) is 23.1 Å². The largest absolute Gasteiger partial charge is 0.366 e. The zero-order chi connectivity index (χ0) is 17.8. The zero-order valence-electron chi connectivity index (χ0n) is 13.6. The number of piperidine rings is 1. The fraction of sp³-hybridized carbons (Fsp3) is 0.278. The van der Waals surface area contributed by atoms with E-state index in [9.17, 15) is 14.9 Å². The van der Waals surface area contributed by atoms with Crippen LogP contribution in [0.3, 0.4) is 0 Å². The van der Waals surface area contributed by atoms with Crippen LogP contribution in [0.2, 0.25) is 0 Å². The van der Waals surface area contributed by atoms with Gasteiger partial charge in [0.2, 0.25) is 0 Å². The zero-order valence-corrected chi connectivity index (χ0v) is 15.2. The first-order valence-electron chi connectivity index (χ1n) is 8.15. The van der Waals surface area contributed by atoms with Crippen molar-refractivity contribution in [3.05, 3.63) is 62.6 Å². The van der Waals surface area contributed by atoms with Crippen molar-refractivity contribution < 1.29 is 9.72 Å². The molecule has 1 heterocycles. The average molecular weight is 404 g/mol. The standard InChI is InChI=1S/C18H18BrN3O3/c19-14-6-2-3-7-15(14)20-18(23)13-8-9-16(17(12-13)22(24)25)21-10-4-1-5-11-21/h2-3,6-9,12H,1,4-5,10-11H2,(H,20,23). The Kier molecular flexibility index (Phi) is 5.33. The summed E-state index contributed by atoms with van der Waals surface area (Å²) in [7, 11) is 0. The van der Waals surface area contributed by atoms with Crippen LogP contribution in [0.5, 0.6) is 0 Å². The molecule has 1 amide bonds. The molecule has 2 aromatic rings. The van der Waals surface area contributed by atoms with Gasteiger partial charge in [-0.25, -0.2) is 0 Å². The van der Waals surface area contributed by atoms with Crippen molar-refractivity contribution >= 4 is 38.9 Å². The summed E-state index contributed by atoms with van der Waals surface area (Å²) in [4.78, 5) is 25.6. The van der Waals surface area contributed by atoms with E-state index in [2.05, 4.69) is 21.2 Å². The molecule has 1 N–H and O–H groups in total. The molecule has 1 saturated heterocycles. The number of halogens is 1. The Balaban J connectivity index is 1.87. The second kappa shape index (κ2) is 7.65. The number of nitrogens with zero attached hydrogens (tertiary/aromatic N) is 2. The highest BCUT2D eigenvalue weighted by molar-refractivity contribution is 9.10. The molecule has 1 aliphatic rings. The minimum absolute atomic E-state index is 0.0262. The Labute approximate surface area is 154 Å². The molecule has 0 aliphatic carbocycles. The van der Waals surface area contributed by atoms with Crippen molar-refractivity contribution in [2.75, 3.05) is 23.3 Å². The third-order valence-corrected chi connectivity index (χ3v) is 4.94. The summed E-state index contributed by atoms with van der Waals surface area (Å²) in [5, 5.41) is 14.3. The summed E-state index contributed by atoms with van der Waals surface area (Å²) in [5.74, 6) is -0.375. The molecular weight excluding hydrogens is 386 g/mol. The molecule has 3 rings (SSSR count). The van der Waals surface area contributed by atoms with E-state index in [0.29, 0.717) is 11.4 Å². The fourth-order valence-corrected chi connectivity index (χ4v) is 3.35. The lowest BCUT2D eigenvalue weighted by atomic mass is 10.1. The lowest BCUT2D eigenvalue weighted by molar-refractivity contribution is -0.384. The van der Waals surface area contributed by atoms with Crippen molar-refractivity contribution in [2.24, 2.45) is 0 Å². The number of anilines is 2. The van der Waals surface area contributed by atoms with E-state index in [1.54, 1.807) is 18.2 Å². The van der Waals surface area contributed by atoms with Crippen molar-refractivity contribution in [3.8, 4) is 0 Å². The van der Waals surface area contributed by atoms with Gasteiger partial charge in [-0.1, -0.05) is 12.1 Å². The summed E-state index contributed by atoms with van der Waals surface area (Å²) < 4.78 is 0.753. The second-order valence-electron chi connectivity index (χ2n) is 5.94. The summed E-state index contributed by atoms with van der Waals surface area (Å²) in [6.45, 7) is 1.62. The molecule has 0 aromatic heterocycles. The Hall–Kier alpha value is -2.41. The highest BCUT2D eigenvalue weighted by Gasteiger charge is 2.23. The Bertz CT molecular complexity index is 804. The molecule has 6 nitrogen and oxygen atoms in total. The van der Waals surface area contributed by atoms with Crippen LogP contribution in [-0.4, -0.2) is 23.9 Å². The third-order valence-electron chi connectivity index (χ3n) is 4.25. The first-order chi connectivity index (χ1) is 12.1. The van der Waals surface area contributed by atoms with E-state index in [1.165, 1.54) is 6.07 Å². The average Bonchev–Trinajstić information content (AvgIpc) is 2.63. The van der Waals surface area contributed by atoms with Crippen LogP contribution in [0.4, 0.5) is 17.1 Å². The molecule has 0 bridgehead atoms. The number of nitro groups is 1. The summed E-state index contributed by atoms with van der Waals surface area (Å²) in [6.07, 6.45) is 3.21. The lowest BCUT2D eigenvalue weighted by Crippen LogP contribution is -2.30. The number of nitrogens with one attached hydrogen (secondary N) is 1. The SMILES string of the molecule is O=C(Nc1ccccc1Br)c1ccc(N2CCCCC2)c([N+](=O)[O-])c1. The Morgan fingerprint density at radius 3 is 2.52 bits per heavy atom. The third kappa shape index (κ3) is 3.99. The predicted molar refractivity (Wildman–Crippen MR) is 101 cm³/mol. The van der Waals surface area contributed by atoms with Gasteiger partial charge >= 0.3 is 0 Å². The summed E-state index contributed by atoms with van der Waals surface area (Å²) >= 11 is 3.37. The van der Waals surface area contributed by atoms with Gasteiger partial charge in [0.25, 0.3) is 11.6 Å². The minimum Gasteiger partial charge on any atom is -0.366 e. The van der Waals surface area contributed by atoms with Crippen molar-refractivity contribution in [2.45, 2.75) is 19.3 Å². The number of hydrogen-bond donors (Lipinski definition) is 1. The lowest BCUT2D eigenvalue weighted by Gasteiger charge is -2.28. The molecule has 0 radical (unpaired) electrons. The first-order valence-corrected chi connectivity index (χ1v) is 8.95. The number of carbonyl (C=O) groups excluding carboxylic acids is 1. The van der Waals surface area contributed by atoms with E-state index in [4.69, 9.17) is 0 Å². The van der Waals surface area contributed by atoms with Crippen LogP contribution >= 0.6 is 15.9 Å². The van der Waals surface area contributed by atoms with Crippen LogP contribution in [0.1, 0.15) is 29.6 Å². The van der Waals surface area contributed by atoms with E-state index in [0.717, 1.165) is 36.8 Å². The molecule has 7 heteroatoms. The predicted octanol–water partition coefficient (Wildman–Crippen LogP) is 4.60. The van der Waals surface area contributed by atoms with Crippen molar-refractivity contribution in [3.63, 3.8) is 0 Å². The topological polar surface area (TPSA) is 75.5 Å². The molecule has 0 spiro atoms. The molecule has 130 valence electrons. The Morgan fingerprint density at radius 1 is 1.12 bits per heavy atom. The molecule has 0 saturated carbocycles. The summed E-state index contributed by atoms with van der Waals surface area (Å²) in [5.41, 5.74) is 1.45. The smallest absolute Gasteiger partial charge is 0.293 e. The van der Waals surface area contributed by atoms with Gasteiger partial charge < -0.3 is 10.2 Å². The van der Waals surface area contributed by atoms with Crippen LogP contribution in [0.15, 0.2) is 46.9 Å². The van der Waals surface area contributed by atoms with Crippen LogP contribution in [0.25, 0.3) is 0 Å². The number of hydrogen-bond acceptors (Lipinski definition) is 4. The number of rotatable bonds is 4. The Morgan fingerprint density at radius 2 is 1.84 bits per heavy atom. The normalized spacial score (nSPS) is 14.2. The quantitative estimate of drug-likeness (QED) is 0.597. The fourth-order valence-electron chi connectivity index (χ4n) is 2.97. The highest BCUT2D eigenvalue weighted by atomic mass is 79.9. The van der Waals surface area contributed by atoms with Crippen molar-refractivity contribution in [1.29, 1.82) is 0 Å².